The molecule has 30 heavy (non-hydrogen) atoms. The van der Waals surface area contributed by atoms with Gasteiger partial charge in [0.1, 0.15) is 11.2 Å². The third-order valence-electron chi connectivity index (χ3n) is 5.40. The average molecular weight is 394 g/mol. The number of fused-ring (bicyclic) bond motifs is 2. The molecule has 0 saturated carbocycles. The molecular weight excluding hydrogens is 376 g/mol. The summed E-state index contributed by atoms with van der Waals surface area (Å²) in [6.07, 6.45) is 10.4. The summed E-state index contributed by atoms with van der Waals surface area (Å²) >= 11 is 0. The van der Waals surface area contributed by atoms with Gasteiger partial charge < -0.3 is 10.3 Å². The molecule has 0 spiro atoms. The fraction of sp³-hybridized carbons (Fsp3) is 0.136. The van der Waals surface area contributed by atoms with Crippen LogP contribution in [0.15, 0.2) is 55.1 Å². The zero-order valence-electron chi connectivity index (χ0n) is 16.1. The van der Waals surface area contributed by atoms with Gasteiger partial charge in [-0.05, 0) is 36.7 Å². The Bertz CT molecular complexity index is 1400. The maximum atomic E-state index is 4.86. The van der Waals surface area contributed by atoms with Crippen LogP contribution in [0, 0.1) is 0 Å². The molecule has 0 radical (unpaired) electrons. The standard InChI is InChI=1S/C22H18N8/c1-2-6-25-16(3-1)15-10-24-11-19-20(15)28-22(27-19)21-14-9-17(13-4-7-23-8-5-13)26-12-18(14)29-30-21/h1-4,6,9-12,23H,5,7-8H2,(H,27,28)(H,29,30). The highest BCUT2D eigenvalue weighted by molar-refractivity contribution is 5.96. The molecule has 146 valence electrons. The predicted octanol–water partition coefficient (Wildman–Crippen LogP) is 3.33. The number of nitrogens with one attached hydrogen (secondary N) is 3. The van der Waals surface area contributed by atoms with Gasteiger partial charge in [0.25, 0.3) is 0 Å². The van der Waals surface area contributed by atoms with E-state index in [0.29, 0.717) is 5.82 Å². The van der Waals surface area contributed by atoms with Crippen molar-refractivity contribution < 1.29 is 0 Å². The SMILES string of the molecule is C1=C(c2cc3c(-c4nc5c(-c6ccccn6)cncc5[nH]4)n[nH]c3cn2)CCNC1. The van der Waals surface area contributed by atoms with Gasteiger partial charge in [-0.15, -0.1) is 0 Å². The minimum absolute atomic E-state index is 0.692. The summed E-state index contributed by atoms with van der Waals surface area (Å²) in [5.74, 6) is 0.692. The van der Waals surface area contributed by atoms with Gasteiger partial charge in [0.2, 0.25) is 0 Å². The van der Waals surface area contributed by atoms with Crippen molar-refractivity contribution in [3.63, 3.8) is 0 Å². The second-order valence-corrected chi connectivity index (χ2v) is 7.25. The first-order chi connectivity index (χ1) is 14.9. The molecule has 0 unspecified atom stereocenters. The van der Waals surface area contributed by atoms with Crippen LogP contribution >= 0.6 is 0 Å². The molecule has 6 rings (SSSR count). The number of rotatable bonds is 3. The molecular formula is C22H18N8. The van der Waals surface area contributed by atoms with Gasteiger partial charge in [-0.25, -0.2) is 4.98 Å². The molecule has 0 aliphatic carbocycles. The van der Waals surface area contributed by atoms with E-state index in [-0.39, 0.29) is 0 Å². The normalized spacial score (nSPS) is 14.3. The van der Waals surface area contributed by atoms with Gasteiger partial charge in [-0.1, -0.05) is 12.1 Å². The summed E-state index contributed by atoms with van der Waals surface area (Å²) in [5, 5.41) is 11.9. The Kier molecular flexibility index (Phi) is 3.88. The Labute approximate surface area is 171 Å². The highest BCUT2D eigenvalue weighted by Crippen LogP contribution is 2.31. The number of pyridine rings is 3. The molecule has 0 amide bonds. The first-order valence-electron chi connectivity index (χ1n) is 9.86. The highest BCUT2D eigenvalue weighted by atomic mass is 15.1. The van der Waals surface area contributed by atoms with Crippen LogP contribution in [0.2, 0.25) is 0 Å². The number of nitrogens with zero attached hydrogens (tertiary/aromatic N) is 5. The number of hydrogen-bond acceptors (Lipinski definition) is 6. The average Bonchev–Trinajstić information content (AvgIpc) is 3.43. The predicted molar refractivity (Wildman–Crippen MR) is 115 cm³/mol. The molecule has 8 heteroatoms. The van der Waals surface area contributed by atoms with Crippen molar-refractivity contribution in [3.8, 4) is 22.8 Å². The summed E-state index contributed by atoms with van der Waals surface area (Å²) < 4.78 is 0. The Morgan fingerprint density at radius 1 is 0.967 bits per heavy atom. The van der Waals surface area contributed by atoms with Crippen molar-refractivity contribution >= 4 is 27.5 Å². The van der Waals surface area contributed by atoms with Gasteiger partial charge in [0.05, 0.1) is 34.8 Å². The van der Waals surface area contributed by atoms with Crippen molar-refractivity contribution in [1.29, 1.82) is 0 Å². The van der Waals surface area contributed by atoms with Crippen molar-refractivity contribution in [2.75, 3.05) is 13.1 Å². The van der Waals surface area contributed by atoms with Crippen LogP contribution in [0.4, 0.5) is 0 Å². The molecule has 0 bridgehead atoms. The number of aromatic nitrogens is 7. The maximum Gasteiger partial charge on any atom is 0.159 e. The van der Waals surface area contributed by atoms with Crippen LogP contribution in [-0.2, 0) is 0 Å². The number of imidazole rings is 1. The third kappa shape index (κ3) is 2.77. The lowest BCUT2D eigenvalue weighted by atomic mass is 10.0. The Hall–Kier alpha value is -3.91. The topological polar surface area (TPSA) is 108 Å². The lowest BCUT2D eigenvalue weighted by Gasteiger charge is -2.13. The molecule has 8 nitrogen and oxygen atoms in total. The van der Waals surface area contributed by atoms with E-state index in [4.69, 9.17) is 4.98 Å². The highest BCUT2D eigenvalue weighted by Gasteiger charge is 2.17. The van der Waals surface area contributed by atoms with Crippen molar-refractivity contribution in [3.05, 3.63) is 60.8 Å². The first kappa shape index (κ1) is 17.0. The Balaban J connectivity index is 1.50. The van der Waals surface area contributed by atoms with Crippen LogP contribution in [0.3, 0.4) is 0 Å². The summed E-state index contributed by atoms with van der Waals surface area (Å²) in [6, 6.07) is 7.90. The van der Waals surface area contributed by atoms with Crippen LogP contribution < -0.4 is 5.32 Å². The van der Waals surface area contributed by atoms with E-state index < -0.39 is 0 Å². The maximum absolute atomic E-state index is 4.86. The molecule has 6 heterocycles. The van der Waals surface area contributed by atoms with Crippen molar-refractivity contribution in [2.24, 2.45) is 0 Å². The molecule has 1 aliphatic heterocycles. The van der Waals surface area contributed by atoms with Crippen LogP contribution in [0.1, 0.15) is 12.1 Å². The van der Waals surface area contributed by atoms with E-state index in [0.717, 1.165) is 64.1 Å². The van der Waals surface area contributed by atoms with E-state index in [9.17, 15) is 0 Å². The minimum atomic E-state index is 0.692. The minimum Gasteiger partial charge on any atom is -0.335 e. The fourth-order valence-electron chi connectivity index (χ4n) is 3.88. The summed E-state index contributed by atoms with van der Waals surface area (Å²) in [4.78, 5) is 21.7. The quantitative estimate of drug-likeness (QED) is 0.433. The molecule has 0 aromatic carbocycles. The smallest absolute Gasteiger partial charge is 0.159 e. The summed E-state index contributed by atoms with van der Waals surface area (Å²) in [5.41, 5.74) is 7.29. The summed E-state index contributed by atoms with van der Waals surface area (Å²) in [6.45, 7) is 1.84. The van der Waals surface area contributed by atoms with E-state index in [1.54, 1.807) is 18.6 Å². The van der Waals surface area contributed by atoms with Gasteiger partial charge in [-0.2, -0.15) is 5.10 Å². The van der Waals surface area contributed by atoms with Gasteiger partial charge in [-0.3, -0.25) is 20.1 Å². The Morgan fingerprint density at radius 2 is 1.97 bits per heavy atom. The molecule has 0 atom stereocenters. The van der Waals surface area contributed by atoms with E-state index in [1.165, 1.54) is 5.57 Å². The van der Waals surface area contributed by atoms with Crippen molar-refractivity contribution in [2.45, 2.75) is 6.42 Å². The Morgan fingerprint density at radius 3 is 2.83 bits per heavy atom. The largest absolute Gasteiger partial charge is 0.335 e. The molecule has 5 aromatic rings. The molecule has 0 fully saturated rings. The van der Waals surface area contributed by atoms with Crippen LogP contribution in [-0.4, -0.2) is 48.2 Å². The lowest BCUT2D eigenvalue weighted by Crippen LogP contribution is -2.20. The van der Waals surface area contributed by atoms with Crippen molar-refractivity contribution in [1.82, 2.24) is 40.4 Å². The molecule has 5 aromatic heterocycles. The van der Waals surface area contributed by atoms with Gasteiger partial charge in [0.15, 0.2) is 5.82 Å². The van der Waals surface area contributed by atoms with Crippen LogP contribution in [0.5, 0.6) is 0 Å². The van der Waals surface area contributed by atoms with Crippen LogP contribution in [0.25, 0.3) is 50.3 Å². The third-order valence-corrected chi connectivity index (χ3v) is 5.40. The zero-order chi connectivity index (χ0) is 19.9. The number of aromatic amines is 2. The monoisotopic (exact) mass is 394 g/mol. The first-order valence-corrected chi connectivity index (χ1v) is 9.86. The van der Waals surface area contributed by atoms with E-state index in [1.807, 2.05) is 24.4 Å². The number of hydrogen-bond donors (Lipinski definition) is 3. The van der Waals surface area contributed by atoms with E-state index in [2.05, 4.69) is 47.6 Å². The zero-order valence-corrected chi connectivity index (χ0v) is 16.1. The molecule has 3 N–H and O–H groups in total. The molecule has 1 aliphatic rings. The van der Waals surface area contributed by atoms with Gasteiger partial charge >= 0.3 is 0 Å². The van der Waals surface area contributed by atoms with E-state index >= 15 is 0 Å². The fourth-order valence-corrected chi connectivity index (χ4v) is 3.88. The second-order valence-electron chi connectivity index (χ2n) is 7.25. The van der Waals surface area contributed by atoms with Gasteiger partial charge in [0, 0.05) is 29.9 Å². The molecule has 0 saturated heterocycles. The lowest BCUT2D eigenvalue weighted by molar-refractivity contribution is 0.737. The number of H-pyrrole nitrogens is 2. The second kappa shape index (κ2) is 6.85. The summed E-state index contributed by atoms with van der Waals surface area (Å²) in [7, 11) is 0.